The van der Waals surface area contributed by atoms with Gasteiger partial charge in [0, 0.05) is 97.5 Å². The van der Waals surface area contributed by atoms with Crippen molar-refractivity contribution in [2.45, 2.75) is 153 Å². The molecule has 2 atom stereocenters. The molecule has 688 valence electrons. The number of hydrogen-bond acceptors (Lipinski definition) is 18. The van der Waals surface area contributed by atoms with Gasteiger partial charge in [0.05, 0.1) is 24.3 Å². The van der Waals surface area contributed by atoms with Gasteiger partial charge < -0.3 is 93.4 Å². The summed E-state index contributed by atoms with van der Waals surface area (Å²) in [6.07, 6.45) is 9.01. The quantitative estimate of drug-likeness (QED) is 0.0197. The van der Waals surface area contributed by atoms with E-state index in [2.05, 4.69) is 138 Å². The molecule has 4 fully saturated rings. The zero-order chi connectivity index (χ0) is 94.2. The van der Waals surface area contributed by atoms with Crippen LogP contribution in [0.5, 0.6) is 0 Å². The second-order valence-electron chi connectivity index (χ2n) is 32.8. The molecule has 2 unspecified atom stereocenters. The van der Waals surface area contributed by atoms with E-state index in [1.165, 1.54) is 76.6 Å². The van der Waals surface area contributed by atoms with Gasteiger partial charge in [-0.3, -0.25) is 33.6 Å². The number of ether oxygens (including phenoxy) is 1. The minimum Gasteiger partial charge on any atom is -0.478 e. The summed E-state index contributed by atoms with van der Waals surface area (Å²) in [4.78, 5) is 123. The first-order chi connectivity index (χ1) is 62.4. The van der Waals surface area contributed by atoms with Gasteiger partial charge >= 0.3 is 18.0 Å². The van der Waals surface area contributed by atoms with Gasteiger partial charge in [-0.05, 0) is 269 Å². The minimum atomic E-state index is -1.49. The van der Waals surface area contributed by atoms with Crippen molar-refractivity contribution in [1.82, 2.24) is 25.3 Å². The number of rotatable bonds is 24. The summed E-state index contributed by atoms with van der Waals surface area (Å²) in [5.74, 6) is -2.15. The number of carboxylic acids is 2. The number of aryl methyl sites for hydroxylation is 2. The molecule has 0 aromatic heterocycles. The fraction of sp³-hybridized carbons (Fsp3) is 0.333. The van der Waals surface area contributed by atoms with Gasteiger partial charge in [-0.1, -0.05) is 154 Å². The van der Waals surface area contributed by atoms with Gasteiger partial charge in [0.15, 0.2) is 12.2 Å². The monoisotopic (exact) mass is 1770 g/mol. The number of carbonyl (C=O) groups excluding carboxylic acids is 8. The number of carbonyl (C=O) groups is 10. The van der Waals surface area contributed by atoms with Crippen LogP contribution >= 0.6 is 0 Å². The van der Waals surface area contributed by atoms with Crippen LogP contribution in [0.2, 0.25) is 0 Å². The van der Waals surface area contributed by atoms with E-state index in [9.17, 15) is 58.2 Å². The molecule has 0 radical (unpaired) electrons. The summed E-state index contributed by atoms with van der Waals surface area (Å²) in [7, 11) is 0. The number of nitrogens with one attached hydrogen (secondary N) is 6. The van der Waals surface area contributed by atoms with E-state index >= 15 is 0 Å². The predicted octanol–water partition coefficient (Wildman–Crippen LogP) is 14.1. The maximum Gasteiger partial charge on any atom is 0.407 e. The molecule has 8 amide bonds. The number of alkyl carbamates (subject to hydrolysis) is 1. The fourth-order valence-corrected chi connectivity index (χ4v) is 15.1. The zero-order valence-electron chi connectivity index (χ0n) is 74.5. The average molecular weight is 1780 g/mol. The molecule has 28 nitrogen and oxygen atoms in total. The van der Waals surface area contributed by atoms with Crippen LogP contribution in [0.1, 0.15) is 206 Å². The molecule has 0 bridgehead atoms. The molecular weight excluding hydrogens is 1650 g/mol. The Morgan fingerprint density at radius 1 is 0.431 bits per heavy atom. The Hall–Kier alpha value is -13.5. The van der Waals surface area contributed by atoms with E-state index in [1.54, 1.807) is 97.1 Å². The number of amides is 8. The Kier molecular flexibility index (Phi) is 40.8. The molecule has 16 N–H and O–H groups in total. The molecule has 130 heavy (non-hydrogen) atoms. The molecule has 13 rings (SSSR count). The highest BCUT2D eigenvalue weighted by Gasteiger charge is 2.30. The summed E-state index contributed by atoms with van der Waals surface area (Å²) >= 11 is 0. The van der Waals surface area contributed by atoms with Crippen molar-refractivity contribution < 1.29 is 83.3 Å². The molecule has 4 aliphatic heterocycles. The van der Waals surface area contributed by atoms with Crippen LogP contribution in [-0.2, 0) is 49.8 Å². The second-order valence-corrected chi connectivity index (χ2v) is 32.8. The van der Waals surface area contributed by atoms with Crippen molar-refractivity contribution in [3.8, 4) is 0 Å². The molecule has 28 heteroatoms. The first kappa shape index (κ1) is 102. The largest absolute Gasteiger partial charge is 0.478 e. The van der Waals surface area contributed by atoms with E-state index in [0.717, 1.165) is 94.7 Å². The van der Waals surface area contributed by atoms with Crippen LogP contribution in [0.15, 0.2) is 244 Å². The standard InChI is InChI=1S/C23H28N2O4.C23H26N2O2.C22H27N3O4.C17H26N2O2.C10H9NO3.C7H7NO2/c1-2-16-5-3-6-18(13-16)17-9-11-25(12-10-17)23(29)19-7-4-8-20(14-19)24-22(28)21(27)15-26;1-3-17-7-5-8-19(15-17)18-11-13-25(14-12-18)23(27)20-9-6-10-21(16-20)24-22(26)4-2;23-13-15-3-1-4-17(11-15)16-7-9-25(10-8-16)22(29)18-5-2-6-19(12-18)24-21(28)20(27)14-26;1-17(2,3)21-16(20)19-12-13-5-4-6-15(11-13)14-7-9-18-10-8-14;1-2-9(12)11-8-5-3-4-7(6-8)10(13)14;8-6-3-1-2-5(4-6)7(9)10/h3-8,13-14,17,21,26-27H,2,9-12,15H2,1H3,(H,24,28);4-10,15-16,18H,2-3,11-14H2,1H3,(H,24,26);1-6,11-12,16,20,26-27H,7-10,13-14,23H2,(H,24,28);4-6,11,14,18H,7-10,12H2,1-3H3,(H,19,20);2-6H,1H2,(H,11,12)(H,13,14);1-4H,8H2,(H,9,10). The Labute approximate surface area is 760 Å². The van der Waals surface area contributed by atoms with Crippen molar-refractivity contribution >= 4 is 87.8 Å². The maximum absolute atomic E-state index is 12.9. The van der Waals surface area contributed by atoms with E-state index in [1.807, 2.05) is 53.7 Å². The zero-order valence-corrected chi connectivity index (χ0v) is 74.5. The molecule has 4 heterocycles. The third kappa shape index (κ3) is 33.3. The third-order valence-electron chi connectivity index (χ3n) is 22.2. The summed E-state index contributed by atoms with van der Waals surface area (Å²) in [6.45, 7) is 22.8. The lowest BCUT2D eigenvalue weighted by Gasteiger charge is -2.32. The van der Waals surface area contributed by atoms with E-state index in [-0.39, 0.29) is 46.8 Å². The normalized spacial score (nSPS) is 14.4. The summed E-state index contributed by atoms with van der Waals surface area (Å²) < 4.78 is 5.25. The number of anilines is 5. The number of benzene rings is 9. The smallest absolute Gasteiger partial charge is 0.407 e. The molecule has 0 aliphatic carbocycles. The van der Waals surface area contributed by atoms with E-state index < -0.39 is 54.8 Å². The Balaban J connectivity index is 0.000000198. The second kappa shape index (κ2) is 52.1. The number of piperidine rings is 4. The van der Waals surface area contributed by atoms with Gasteiger partial charge in [0.25, 0.3) is 29.5 Å². The molecule has 0 saturated carbocycles. The molecule has 4 aliphatic rings. The highest BCUT2D eigenvalue weighted by Crippen LogP contribution is 2.34. The maximum atomic E-state index is 12.9. The lowest BCUT2D eigenvalue weighted by atomic mass is 9.88. The van der Waals surface area contributed by atoms with Crippen molar-refractivity contribution in [1.29, 1.82) is 0 Å². The number of aromatic carboxylic acids is 2. The van der Waals surface area contributed by atoms with Crippen molar-refractivity contribution in [3.63, 3.8) is 0 Å². The van der Waals surface area contributed by atoms with Gasteiger partial charge in [0.2, 0.25) is 11.8 Å². The highest BCUT2D eigenvalue weighted by molar-refractivity contribution is 6.02. The molecule has 9 aromatic rings. The average Bonchev–Trinajstić information content (AvgIpc) is 0.832. The van der Waals surface area contributed by atoms with Crippen LogP contribution in [0.4, 0.5) is 33.2 Å². The lowest BCUT2D eigenvalue weighted by Crippen LogP contribution is -2.38. The Bertz CT molecular complexity index is 5150. The highest BCUT2D eigenvalue weighted by atomic mass is 16.6. The van der Waals surface area contributed by atoms with Crippen LogP contribution in [-0.4, -0.2) is 188 Å². The summed E-state index contributed by atoms with van der Waals surface area (Å²) in [5, 5.41) is 70.0. The van der Waals surface area contributed by atoms with Gasteiger partial charge in [-0.2, -0.15) is 0 Å². The minimum absolute atomic E-state index is 0.0189. The van der Waals surface area contributed by atoms with Gasteiger partial charge in [-0.25, -0.2) is 14.4 Å². The van der Waals surface area contributed by atoms with Crippen LogP contribution in [0, 0.1) is 0 Å². The van der Waals surface area contributed by atoms with Crippen molar-refractivity contribution in [2.24, 2.45) is 5.73 Å². The molecule has 0 spiro atoms. The first-order valence-electron chi connectivity index (χ1n) is 43.8. The lowest BCUT2D eigenvalue weighted by molar-refractivity contribution is -0.126. The van der Waals surface area contributed by atoms with Crippen LogP contribution in [0.3, 0.4) is 0 Å². The van der Waals surface area contributed by atoms with Crippen molar-refractivity contribution in [3.05, 3.63) is 316 Å². The molecule has 4 saturated heterocycles. The number of nitrogens with zero attached hydrogens (tertiary/aromatic N) is 3. The van der Waals surface area contributed by atoms with E-state index in [0.29, 0.717) is 108 Å². The first-order valence-corrected chi connectivity index (χ1v) is 43.8. The number of nitrogen functional groups attached to an aromatic ring is 1. The topological polar surface area (TPSA) is 435 Å². The fourth-order valence-electron chi connectivity index (χ4n) is 15.1. The number of aliphatic hydroxyl groups excluding tert-OH is 4. The van der Waals surface area contributed by atoms with Gasteiger partial charge in [-0.15, -0.1) is 0 Å². The number of carboxylic acid groups (broad SMARTS) is 2. The number of likely N-dealkylation sites (tertiary alicyclic amines) is 3. The number of nitrogens with two attached hydrogens (primary N) is 2. The van der Waals surface area contributed by atoms with E-state index in [4.69, 9.17) is 36.6 Å². The molecular formula is C102H123N11O17. The molecule has 9 aromatic carbocycles. The van der Waals surface area contributed by atoms with Crippen LogP contribution in [0.25, 0.3) is 0 Å². The number of aliphatic hydroxyl groups is 4. The van der Waals surface area contributed by atoms with Crippen LogP contribution < -0.4 is 43.4 Å². The Morgan fingerprint density at radius 3 is 1.07 bits per heavy atom. The predicted molar refractivity (Wildman–Crippen MR) is 506 cm³/mol. The van der Waals surface area contributed by atoms with Crippen molar-refractivity contribution in [2.75, 3.05) is 92.6 Å². The third-order valence-corrected chi connectivity index (χ3v) is 22.2. The number of hydrogen-bond donors (Lipinski definition) is 14. The summed E-state index contributed by atoms with van der Waals surface area (Å²) in [5.41, 5.74) is 25.2. The Morgan fingerprint density at radius 2 is 0.738 bits per heavy atom. The SMILES string of the molecule is C=CC(=O)Nc1cccc(C(=O)N2CCC(c3cccc(CC)c3)CC2)c1.C=CC(=O)Nc1cccc(C(=O)O)c1.CC(C)(C)OC(=O)NCc1cccc(C2CCNCC2)c1.CCc1cccc(C2CCN(C(=O)c3cccc(NC(=O)C(O)CO)c3)CC2)c1.NCc1cccc(C2CCN(C(=O)c3cccc(NC(=O)C(O)CO)c3)CC2)c1.Nc1cccc(C(=O)O)c1. The van der Waals surface area contributed by atoms with Gasteiger partial charge in [0.1, 0.15) is 5.60 Å². The summed E-state index contributed by atoms with van der Waals surface area (Å²) in [6, 6.07) is 66.8.